The molecule has 1 fully saturated rings. The van der Waals surface area contributed by atoms with Crippen LogP contribution >= 0.6 is 22.9 Å². The molecule has 16 heavy (non-hydrogen) atoms. The van der Waals surface area contributed by atoms with Gasteiger partial charge in [-0.2, -0.15) is 0 Å². The minimum Gasteiger partial charge on any atom is -0.352 e. The Kier molecular flexibility index (Phi) is 4.21. The fourth-order valence-electron chi connectivity index (χ4n) is 1.80. The summed E-state index contributed by atoms with van der Waals surface area (Å²) in [6, 6.07) is 2.25. The Labute approximate surface area is 104 Å². The molecule has 1 aliphatic heterocycles. The largest absolute Gasteiger partial charge is 0.352 e. The highest BCUT2D eigenvalue weighted by Gasteiger charge is 2.16. The predicted octanol–water partition coefficient (Wildman–Crippen LogP) is 1.81. The van der Waals surface area contributed by atoms with Crippen LogP contribution in [0.1, 0.15) is 17.7 Å². The van der Waals surface area contributed by atoms with Crippen molar-refractivity contribution in [2.45, 2.75) is 25.3 Å². The molecule has 2 N–H and O–H groups in total. The van der Waals surface area contributed by atoms with Gasteiger partial charge in [0.25, 0.3) is 0 Å². The molecule has 0 spiro atoms. The van der Waals surface area contributed by atoms with Gasteiger partial charge in [0, 0.05) is 29.3 Å². The number of carbonyl (C=O) groups excluding carboxylic acids is 1. The third-order valence-electron chi connectivity index (χ3n) is 2.65. The van der Waals surface area contributed by atoms with Gasteiger partial charge >= 0.3 is 0 Å². The van der Waals surface area contributed by atoms with Crippen LogP contribution in [0.15, 0.2) is 11.4 Å². The van der Waals surface area contributed by atoms with Gasteiger partial charge in [-0.25, -0.2) is 0 Å². The van der Waals surface area contributed by atoms with Crippen molar-refractivity contribution in [2.75, 3.05) is 13.1 Å². The Hall–Kier alpha value is -0.580. The summed E-state index contributed by atoms with van der Waals surface area (Å²) in [4.78, 5) is 12.8. The molecule has 1 atom stereocenters. The molecule has 88 valence electrons. The van der Waals surface area contributed by atoms with Crippen LogP contribution in [0.2, 0.25) is 5.02 Å². The van der Waals surface area contributed by atoms with Crippen molar-refractivity contribution in [2.24, 2.45) is 0 Å². The first kappa shape index (κ1) is 11.9. The normalized spacial score (nSPS) is 19.9. The van der Waals surface area contributed by atoms with E-state index in [1.54, 1.807) is 11.3 Å². The average molecular weight is 259 g/mol. The van der Waals surface area contributed by atoms with Crippen molar-refractivity contribution in [1.82, 2.24) is 10.6 Å². The molecule has 2 rings (SSSR count). The maximum Gasteiger partial charge on any atom is 0.220 e. The molecule has 1 aliphatic rings. The number of thiophene rings is 1. The van der Waals surface area contributed by atoms with Crippen LogP contribution in [-0.2, 0) is 11.2 Å². The summed E-state index contributed by atoms with van der Waals surface area (Å²) in [7, 11) is 0. The van der Waals surface area contributed by atoms with E-state index in [9.17, 15) is 4.79 Å². The zero-order chi connectivity index (χ0) is 11.4. The van der Waals surface area contributed by atoms with E-state index in [1.807, 2.05) is 11.4 Å². The lowest BCUT2D eigenvalue weighted by molar-refractivity contribution is -0.121. The van der Waals surface area contributed by atoms with Crippen molar-refractivity contribution < 1.29 is 4.79 Å². The van der Waals surface area contributed by atoms with Crippen LogP contribution in [-0.4, -0.2) is 25.0 Å². The van der Waals surface area contributed by atoms with Crippen LogP contribution in [0.3, 0.4) is 0 Å². The van der Waals surface area contributed by atoms with Gasteiger partial charge in [-0.1, -0.05) is 11.6 Å². The van der Waals surface area contributed by atoms with E-state index in [-0.39, 0.29) is 5.91 Å². The van der Waals surface area contributed by atoms with E-state index in [0.29, 0.717) is 12.5 Å². The second-order valence-electron chi connectivity index (χ2n) is 3.99. The summed E-state index contributed by atoms with van der Waals surface area (Å²) >= 11 is 7.42. The molecule has 1 aromatic rings. The van der Waals surface area contributed by atoms with Gasteiger partial charge in [0.15, 0.2) is 0 Å². The molecule has 1 amide bonds. The quantitative estimate of drug-likeness (QED) is 0.865. The number of nitrogens with one attached hydrogen (secondary N) is 2. The summed E-state index contributed by atoms with van der Waals surface area (Å²) in [5.74, 6) is 0.137. The van der Waals surface area contributed by atoms with Gasteiger partial charge in [-0.05, 0) is 25.5 Å². The number of halogens is 1. The SMILES string of the molecule is O=C(CCc1cc(Cl)cs1)NC1CCNC1. The van der Waals surface area contributed by atoms with Crippen LogP contribution in [0.25, 0.3) is 0 Å². The average Bonchev–Trinajstić information content (AvgIpc) is 2.87. The molecule has 0 aromatic carbocycles. The highest BCUT2D eigenvalue weighted by molar-refractivity contribution is 7.10. The zero-order valence-corrected chi connectivity index (χ0v) is 10.5. The third-order valence-corrected chi connectivity index (χ3v) is 3.99. The van der Waals surface area contributed by atoms with E-state index >= 15 is 0 Å². The second-order valence-corrected chi connectivity index (χ2v) is 5.42. The number of carbonyl (C=O) groups is 1. The lowest BCUT2D eigenvalue weighted by atomic mass is 10.2. The van der Waals surface area contributed by atoms with Crippen molar-refractivity contribution in [3.8, 4) is 0 Å². The third kappa shape index (κ3) is 3.47. The lowest BCUT2D eigenvalue weighted by Gasteiger charge is -2.10. The Morgan fingerprint density at radius 2 is 2.56 bits per heavy atom. The molecule has 2 heterocycles. The molecular formula is C11H15ClN2OS. The Bertz CT molecular complexity index is 361. The summed E-state index contributed by atoms with van der Waals surface area (Å²) in [6.07, 6.45) is 2.37. The first-order valence-electron chi connectivity index (χ1n) is 5.47. The second kappa shape index (κ2) is 5.66. The van der Waals surface area contributed by atoms with Crippen LogP contribution in [0, 0.1) is 0 Å². The molecule has 0 saturated carbocycles. The van der Waals surface area contributed by atoms with Gasteiger partial charge in [-0.15, -0.1) is 11.3 Å². The van der Waals surface area contributed by atoms with Crippen molar-refractivity contribution in [1.29, 1.82) is 0 Å². The molecular weight excluding hydrogens is 244 g/mol. The molecule has 0 bridgehead atoms. The fraction of sp³-hybridized carbons (Fsp3) is 0.545. The van der Waals surface area contributed by atoms with Crippen molar-refractivity contribution >= 4 is 28.8 Å². The number of rotatable bonds is 4. The number of amides is 1. The number of aryl methyl sites for hydroxylation is 1. The van der Waals surface area contributed by atoms with Crippen molar-refractivity contribution in [3.63, 3.8) is 0 Å². The van der Waals surface area contributed by atoms with E-state index < -0.39 is 0 Å². The van der Waals surface area contributed by atoms with Gasteiger partial charge in [0.2, 0.25) is 5.91 Å². The van der Waals surface area contributed by atoms with Gasteiger partial charge in [0.05, 0.1) is 5.02 Å². The van der Waals surface area contributed by atoms with Crippen molar-refractivity contribution in [3.05, 3.63) is 21.3 Å². The molecule has 0 aliphatic carbocycles. The Balaban J connectivity index is 1.71. The fourth-order valence-corrected chi connectivity index (χ4v) is 2.88. The van der Waals surface area contributed by atoms with Crippen LogP contribution < -0.4 is 10.6 Å². The first-order valence-corrected chi connectivity index (χ1v) is 6.73. The van der Waals surface area contributed by atoms with Gasteiger partial charge in [0.1, 0.15) is 0 Å². The van der Waals surface area contributed by atoms with E-state index in [1.165, 1.54) is 4.88 Å². The summed E-state index contributed by atoms with van der Waals surface area (Å²) in [5.41, 5.74) is 0. The molecule has 3 nitrogen and oxygen atoms in total. The molecule has 1 saturated heterocycles. The maximum atomic E-state index is 11.6. The minimum atomic E-state index is 0.137. The summed E-state index contributed by atoms with van der Waals surface area (Å²) < 4.78 is 0. The zero-order valence-electron chi connectivity index (χ0n) is 8.96. The summed E-state index contributed by atoms with van der Waals surface area (Å²) in [5, 5.41) is 8.91. The number of hydrogen-bond donors (Lipinski definition) is 2. The number of hydrogen-bond acceptors (Lipinski definition) is 3. The van der Waals surface area contributed by atoms with E-state index in [4.69, 9.17) is 11.6 Å². The van der Waals surface area contributed by atoms with E-state index in [2.05, 4.69) is 10.6 Å². The predicted molar refractivity (Wildman–Crippen MR) is 67.1 cm³/mol. The Morgan fingerprint density at radius 1 is 1.69 bits per heavy atom. The standard InChI is InChI=1S/C11H15ClN2OS/c12-8-5-10(16-7-8)1-2-11(15)14-9-3-4-13-6-9/h5,7,9,13H,1-4,6H2,(H,14,15). The molecule has 0 radical (unpaired) electrons. The monoisotopic (exact) mass is 258 g/mol. The molecule has 1 unspecified atom stereocenters. The van der Waals surface area contributed by atoms with E-state index in [0.717, 1.165) is 31.0 Å². The topological polar surface area (TPSA) is 41.1 Å². The van der Waals surface area contributed by atoms with Gasteiger partial charge < -0.3 is 10.6 Å². The molecule has 1 aromatic heterocycles. The van der Waals surface area contributed by atoms with Gasteiger partial charge in [-0.3, -0.25) is 4.79 Å². The highest BCUT2D eigenvalue weighted by atomic mass is 35.5. The van der Waals surface area contributed by atoms with Crippen LogP contribution in [0.5, 0.6) is 0 Å². The Morgan fingerprint density at radius 3 is 3.19 bits per heavy atom. The first-order chi connectivity index (χ1) is 7.74. The van der Waals surface area contributed by atoms with Crippen LogP contribution in [0.4, 0.5) is 0 Å². The highest BCUT2D eigenvalue weighted by Crippen LogP contribution is 2.20. The summed E-state index contributed by atoms with van der Waals surface area (Å²) in [6.45, 7) is 1.90. The maximum absolute atomic E-state index is 11.6. The molecule has 5 heteroatoms. The smallest absolute Gasteiger partial charge is 0.220 e. The minimum absolute atomic E-state index is 0.137. The lowest BCUT2D eigenvalue weighted by Crippen LogP contribution is -2.36.